The van der Waals surface area contributed by atoms with Crippen molar-refractivity contribution in [3.63, 3.8) is 0 Å². The predicted octanol–water partition coefficient (Wildman–Crippen LogP) is 1.34. The van der Waals surface area contributed by atoms with Gasteiger partial charge in [-0.1, -0.05) is 6.92 Å². The normalized spacial score (nSPS) is 15.3. The fourth-order valence-corrected chi connectivity index (χ4v) is 3.95. The molecule has 1 amide bonds. The van der Waals surface area contributed by atoms with Gasteiger partial charge in [-0.05, 0) is 13.3 Å². The van der Waals surface area contributed by atoms with E-state index in [0.29, 0.717) is 43.5 Å². The zero-order chi connectivity index (χ0) is 21.1. The Morgan fingerprint density at radius 3 is 2.77 bits per heavy atom. The van der Waals surface area contributed by atoms with Crippen LogP contribution in [0.5, 0.6) is 0 Å². The van der Waals surface area contributed by atoms with Gasteiger partial charge < -0.3 is 14.5 Å². The first kappa shape index (κ1) is 20.6. The van der Waals surface area contributed by atoms with E-state index in [0.717, 1.165) is 49.9 Å². The van der Waals surface area contributed by atoms with Gasteiger partial charge in [0, 0.05) is 57.7 Å². The van der Waals surface area contributed by atoms with Crippen molar-refractivity contribution >= 4 is 22.5 Å². The first-order valence-corrected chi connectivity index (χ1v) is 10.6. The van der Waals surface area contributed by atoms with Crippen molar-refractivity contribution in [2.24, 2.45) is 0 Å². The molecule has 0 atom stereocenters. The van der Waals surface area contributed by atoms with E-state index in [2.05, 4.69) is 15.3 Å². The third-order valence-corrected chi connectivity index (χ3v) is 5.50. The van der Waals surface area contributed by atoms with Gasteiger partial charge in [0.1, 0.15) is 17.1 Å². The van der Waals surface area contributed by atoms with Crippen LogP contribution in [0.15, 0.2) is 21.3 Å². The first-order chi connectivity index (χ1) is 14.6. The molecule has 1 aliphatic heterocycles. The number of aryl methyl sites for hydroxylation is 3. The second-order valence-electron chi connectivity index (χ2n) is 7.68. The molecule has 0 spiro atoms. The summed E-state index contributed by atoms with van der Waals surface area (Å²) in [5, 5.41) is 7.50. The van der Waals surface area contributed by atoms with Crippen LogP contribution >= 0.6 is 0 Å². The molecule has 0 unspecified atom stereocenters. The van der Waals surface area contributed by atoms with Crippen LogP contribution < -0.4 is 10.9 Å². The van der Waals surface area contributed by atoms with E-state index in [9.17, 15) is 9.59 Å². The number of carbonyl (C=O) groups is 1. The van der Waals surface area contributed by atoms with Gasteiger partial charge in [0.15, 0.2) is 5.58 Å². The lowest BCUT2D eigenvalue weighted by Gasteiger charge is -2.26. The Labute approximate surface area is 174 Å². The summed E-state index contributed by atoms with van der Waals surface area (Å²) in [5.41, 5.74) is 1.96. The number of ether oxygens (including phenoxy) is 1. The van der Waals surface area contributed by atoms with Crippen LogP contribution in [0.4, 0.5) is 0 Å². The maximum Gasteiger partial charge on any atom is 0.291 e. The summed E-state index contributed by atoms with van der Waals surface area (Å²) in [5.74, 6) is 1.61. The Morgan fingerprint density at radius 2 is 2.00 bits per heavy atom. The molecule has 9 nitrogen and oxygen atoms in total. The maximum atomic E-state index is 12.9. The molecule has 1 fully saturated rings. The number of furan rings is 1. The number of carbonyl (C=O) groups excluding carboxylic acids is 1. The molecule has 3 aromatic rings. The molecule has 0 bridgehead atoms. The molecule has 0 aliphatic carbocycles. The third kappa shape index (κ3) is 4.27. The summed E-state index contributed by atoms with van der Waals surface area (Å²) >= 11 is 0. The molecule has 1 N–H and O–H groups in total. The van der Waals surface area contributed by atoms with E-state index in [-0.39, 0.29) is 11.5 Å². The van der Waals surface area contributed by atoms with Gasteiger partial charge in [0.2, 0.25) is 5.91 Å². The molecule has 3 aromatic heterocycles. The van der Waals surface area contributed by atoms with Crippen LogP contribution in [0.25, 0.3) is 16.6 Å². The average molecular weight is 415 g/mol. The minimum Gasteiger partial charge on any atom is -0.460 e. The van der Waals surface area contributed by atoms with Gasteiger partial charge in [-0.3, -0.25) is 18.9 Å². The molecule has 9 heteroatoms. The zero-order valence-electron chi connectivity index (χ0n) is 17.6. The first-order valence-electron chi connectivity index (χ1n) is 10.6. The van der Waals surface area contributed by atoms with E-state index in [4.69, 9.17) is 9.15 Å². The molecule has 1 aliphatic rings. The molecular formula is C21H29N5O4. The second kappa shape index (κ2) is 9.01. The van der Waals surface area contributed by atoms with Crippen LogP contribution in [0, 0.1) is 6.92 Å². The van der Waals surface area contributed by atoms with Gasteiger partial charge in [-0.25, -0.2) is 4.68 Å². The summed E-state index contributed by atoms with van der Waals surface area (Å²) in [7, 11) is 0. The third-order valence-electron chi connectivity index (χ3n) is 5.50. The highest BCUT2D eigenvalue weighted by atomic mass is 16.5. The molecule has 0 aromatic carbocycles. The van der Waals surface area contributed by atoms with Crippen LogP contribution in [0.2, 0.25) is 0 Å². The Kier molecular flexibility index (Phi) is 6.19. The molecule has 4 heterocycles. The smallest absolute Gasteiger partial charge is 0.291 e. The number of amides is 1. The Bertz CT molecular complexity index is 1090. The quantitative estimate of drug-likeness (QED) is 0.597. The number of hydrogen-bond donors (Lipinski definition) is 1. The molecule has 162 valence electrons. The standard InChI is InChI=1S/C21H29N5O4/c1-3-19-23-25(21(28)17-14-18-16(26(17)19)13-15(2)30-18)7-4-5-20(27)22-6-8-24-9-11-29-12-10-24/h13-14H,3-12H2,1-2H3,(H,22,27). The van der Waals surface area contributed by atoms with Gasteiger partial charge in [0.25, 0.3) is 5.56 Å². The zero-order valence-corrected chi connectivity index (χ0v) is 17.6. The predicted molar refractivity (Wildman–Crippen MR) is 113 cm³/mol. The number of fused-ring (bicyclic) bond motifs is 3. The molecular weight excluding hydrogens is 386 g/mol. The van der Waals surface area contributed by atoms with Gasteiger partial charge in [0.05, 0.1) is 18.7 Å². The summed E-state index contributed by atoms with van der Waals surface area (Å²) in [6, 6.07) is 3.70. The number of rotatable bonds is 8. The fourth-order valence-electron chi connectivity index (χ4n) is 3.95. The highest BCUT2D eigenvalue weighted by Gasteiger charge is 2.16. The van der Waals surface area contributed by atoms with Crippen molar-refractivity contribution in [2.45, 2.75) is 39.7 Å². The minimum atomic E-state index is -0.163. The lowest BCUT2D eigenvalue weighted by molar-refractivity contribution is -0.121. The molecule has 1 saturated heterocycles. The Morgan fingerprint density at radius 1 is 1.20 bits per heavy atom. The fraction of sp³-hybridized carbons (Fsp3) is 0.571. The largest absolute Gasteiger partial charge is 0.460 e. The van der Waals surface area contributed by atoms with Crippen molar-refractivity contribution in [1.82, 2.24) is 24.4 Å². The van der Waals surface area contributed by atoms with Crippen LogP contribution in [0.1, 0.15) is 31.4 Å². The van der Waals surface area contributed by atoms with Crippen LogP contribution in [-0.4, -0.2) is 64.4 Å². The van der Waals surface area contributed by atoms with Gasteiger partial charge >= 0.3 is 0 Å². The SMILES string of the molecule is CCc1nn(CCCC(=O)NCCN2CCOCC2)c(=O)c2cc3oc(C)cc3n12. The van der Waals surface area contributed by atoms with E-state index < -0.39 is 0 Å². The summed E-state index contributed by atoms with van der Waals surface area (Å²) in [6.45, 7) is 9.11. The lowest BCUT2D eigenvalue weighted by Crippen LogP contribution is -2.41. The van der Waals surface area contributed by atoms with Gasteiger partial charge in [-0.15, -0.1) is 0 Å². The van der Waals surface area contributed by atoms with Crippen molar-refractivity contribution in [1.29, 1.82) is 0 Å². The number of nitrogens with one attached hydrogen (secondary N) is 1. The van der Waals surface area contributed by atoms with Crippen LogP contribution in [0.3, 0.4) is 0 Å². The van der Waals surface area contributed by atoms with Crippen molar-refractivity contribution in [3.8, 4) is 0 Å². The molecule has 0 saturated carbocycles. The van der Waals surface area contributed by atoms with Gasteiger partial charge in [-0.2, -0.15) is 5.10 Å². The molecule has 4 rings (SSSR count). The van der Waals surface area contributed by atoms with Crippen molar-refractivity contribution in [3.05, 3.63) is 34.1 Å². The lowest BCUT2D eigenvalue weighted by atomic mass is 10.3. The second-order valence-corrected chi connectivity index (χ2v) is 7.68. The Balaban J connectivity index is 1.36. The molecule has 30 heavy (non-hydrogen) atoms. The van der Waals surface area contributed by atoms with E-state index >= 15 is 0 Å². The summed E-state index contributed by atoms with van der Waals surface area (Å²) in [4.78, 5) is 27.3. The van der Waals surface area contributed by atoms with E-state index in [1.807, 2.05) is 24.3 Å². The van der Waals surface area contributed by atoms with Crippen molar-refractivity contribution < 1.29 is 13.9 Å². The monoisotopic (exact) mass is 415 g/mol. The van der Waals surface area contributed by atoms with Crippen LogP contribution in [-0.2, 0) is 22.5 Å². The molecule has 0 radical (unpaired) electrons. The van der Waals surface area contributed by atoms with E-state index in [1.165, 1.54) is 4.68 Å². The minimum absolute atomic E-state index is 0.00350. The maximum absolute atomic E-state index is 12.9. The summed E-state index contributed by atoms with van der Waals surface area (Å²) < 4.78 is 14.4. The number of nitrogens with zero attached hydrogens (tertiary/aromatic N) is 4. The Hall–Kier alpha value is -2.65. The number of morpholine rings is 1. The number of hydrogen-bond acceptors (Lipinski definition) is 6. The highest BCUT2D eigenvalue weighted by molar-refractivity contribution is 5.83. The summed E-state index contributed by atoms with van der Waals surface area (Å²) in [6.07, 6.45) is 1.62. The highest BCUT2D eigenvalue weighted by Crippen LogP contribution is 2.23. The number of aromatic nitrogens is 3. The van der Waals surface area contributed by atoms with E-state index in [1.54, 1.807) is 6.07 Å². The topological polar surface area (TPSA) is 94.0 Å². The van der Waals surface area contributed by atoms with Crippen molar-refractivity contribution in [2.75, 3.05) is 39.4 Å². The average Bonchev–Trinajstić information content (AvgIpc) is 3.27.